The number of carboxylic acids is 1. The number of hydrogen-bond donors (Lipinski definition) is 1. The normalized spacial score (nSPS) is 20.7. The van der Waals surface area contributed by atoms with Gasteiger partial charge < -0.3 is 20.0 Å². The van der Waals surface area contributed by atoms with E-state index in [2.05, 4.69) is 0 Å². The van der Waals surface area contributed by atoms with Gasteiger partial charge in [0.2, 0.25) is 0 Å². The van der Waals surface area contributed by atoms with Crippen LogP contribution in [0.3, 0.4) is 0 Å². The van der Waals surface area contributed by atoms with Crippen LogP contribution in [0.5, 0.6) is 5.75 Å². The lowest BCUT2D eigenvalue weighted by Crippen LogP contribution is -2.90. The average Bonchev–Trinajstić information content (AvgIpc) is 3.05. The zero-order valence-electron chi connectivity index (χ0n) is 12.0. The van der Waals surface area contributed by atoms with Crippen LogP contribution < -0.4 is 15.2 Å². The van der Waals surface area contributed by atoms with Crippen molar-refractivity contribution in [2.45, 2.75) is 18.0 Å². The molecule has 2 atom stereocenters. The summed E-state index contributed by atoms with van der Waals surface area (Å²) in [6.07, 6.45) is 0. The van der Waals surface area contributed by atoms with E-state index >= 15 is 0 Å². The fraction of sp³-hybridized carbons (Fsp3) is 0.235. The van der Waals surface area contributed by atoms with E-state index in [0.717, 1.165) is 16.9 Å². The van der Waals surface area contributed by atoms with E-state index in [1.807, 2.05) is 59.9 Å². The van der Waals surface area contributed by atoms with Crippen molar-refractivity contribution in [3.63, 3.8) is 0 Å². The van der Waals surface area contributed by atoms with Gasteiger partial charge in [0.15, 0.2) is 5.37 Å². The number of aliphatic carboxylic acids is 1. The first kappa shape index (κ1) is 14.9. The molecule has 1 heterocycles. The second-order valence-electron chi connectivity index (χ2n) is 5.22. The predicted molar refractivity (Wildman–Crippen MR) is 83.1 cm³/mol. The molecule has 0 aliphatic carbocycles. The molecule has 5 heteroatoms. The highest BCUT2D eigenvalue weighted by Crippen LogP contribution is 2.29. The van der Waals surface area contributed by atoms with E-state index in [9.17, 15) is 9.90 Å². The highest BCUT2D eigenvalue weighted by Gasteiger charge is 2.30. The van der Waals surface area contributed by atoms with E-state index in [1.165, 1.54) is 0 Å². The molecule has 2 aromatic carbocycles. The van der Waals surface area contributed by atoms with Crippen LogP contribution >= 0.6 is 11.8 Å². The van der Waals surface area contributed by atoms with Crippen LogP contribution in [0.25, 0.3) is 0 Å². The van der Waals surface area contributed by atoms with Gasteiger partial charge in [0.05, 0.1) is 5.75 Å². The molecule has 22 heavy (non-hydrogen) atoms. The number of rotatable bonds is 5. The Labute approximate surface area is 133 Å². The minimum atomic E-state index is -0.994. The first-order valence-corrected chi connectivity index (χ1v) is 8.21. The third-order valence-corrected chi connectivity index (χ3v) is 4.94. The van der Waals surface area contributed by atoms with Gasteiger partial charge in [0, 0.05) is 5.56 Å². The second-order valence-corrected chi connectivity index (χ2v) is 6.39. The Bertz CT molecular complexity index is 647. The number of thioether (sulfide) groups is 1. The lowest BCUT2D eigenvalue weighted by molar-refractivity contribution is -0.690. The van der Waals surface area contributed by atoms with E-state index in [0.29, 0.717) is 12.4 Å². The maximum atomic E-state index is 10.9. The average molecular weight is 315 g/mol. The molecular formula is C17H17NO3S. The van der Waals surface area contributed by atoms with E-state index in [1.54, 1.807) is 11.8 Å². The van der Waals surface area contributed by atoms with Crippen LogP contribution in [0.1, 0.15) is 16.5 Å². The van der Waals surface area contributed by atoms with Gasteiger partial charge in [-0.2, -0.15) is 0 Å². The van der Waals surface area contributed by atoms with Crippen LogP contribution in [-0.4, -0.2) is 17.8 Å². The van der Waals surface area contributed by atoms with E-state index in [-0.39, 0.29) is 5.37 Å². The Kier molecular flexibility index (Phi) is 4.65. The van der Waals surface area contributed by atoms with E-state index < -0.39 is 12.0 Å². The van der Waals surface area contributed by atoms with Gasteiger partial charge in [0.1, 0.15) is 24.4 Å². The molecule has 1 saturated heterocycles. The smallest absolute Gasteiger partial charge is 0.159 e. The van der Waals surface area contributed by atoms with Crippen LogP contribution in [0.15, 0.2) is 54.6 Å². The number of carboxylic acid groups (broad SMARTS) is 1. The third-order valence-electron chi connectivity index (χ3n) is 3.60. The van der Waals surface area contributed by atoms with Gasteiger partial charge in [-0.25, -0.2) is 0 Å². The first-order chi connectivity index (χ1) is 10.7. The maximum Gasteiger partial charge on any atom is 0.159 e. The molecule has 114 valence electrons. The molecule has 0 unspecified atom stereocenters. The lowest BCUT2D eigenvalue weighted by Gasteiger charge is -2.12. The Morgan fingerprint density at radius 2 is 2.05 bits per heavy atom. The fourth-order valence-electron chi connectivity index (χ4n) is 2.41. The molecule has 0 spiro atoms. The van der Waals surface area contributed by atoms with E-state index in [4.69, 9.17) is 4.74 Å². The largest absolute Gasteiger partial charge is 0.544 e. The highest BCUT2D eigenvalue weighted by molar-refractivity contribution is 7.99. The minimum absolute atomic E-state index is 0.0863. The van der Waals surface area contributed by atoms with Crippen molar-refractivity contribution in [1.29, 1.82) is 0 Å². The Morgan fingerprint density at radius 1 is 1.23 bits per heavy atom. The molecule has 3 rings (SSSR count). The zero-order chi connectivity index (χ0) is 15.4. The number of benzene rings is 2. The third kappa shape index (κ3) is 3.61. The molecule has 0 saturated carbocycles. The summed E-state index contributed by atoms with van der Waals surface area (Å²) in [7, 11) is 0. The SMILES string of the molecule is O=C([O-])[C@H]1CS[C@H](c2cccc(OCc3ccccc3)c2)[NH2+]1. The number of ether oxygens (including phenoxy) is 1. The molecular weight excluding hydrogens is 298 g/mol. The van der Waals surface area contributed by atoms with Gasteiger partial charge in [-0.05, 0) is 17.7 Å². The zero-order valence-corrected chi connectivity index (χ0v) is 12.8. The number of carbonyl (C=O) groups excluding carboxylic acids is 1. The van der Waals surface area contributed by atoms with Crippen LogP contribution in [0, 0.1) is 0 Å². The molecule has 0 aromatic heterocycles. The van der Waals surface area contributed by atoms with Crippen LogP contribution in [0.2, 0.25) is 0 Å². The molecule has 2 N–H and O–H groups in total. The summed E-state index contributed by atoms with van der Waals surface area (Å²) in [5.41, 5.74) is 2.19. The summed E-state index contributed by atoms with van der Waals surface area (Å²) in [4.78, 5) is 10.9. The first-order valence-electron chi connectivity index (χ1n) is 7.16. The quantitative estimate of drug-likeness (QED) is 0.882. The molecule has 0 amide bonds. The molecule has 2 aromatic rings. The molecule has 0 bridgehead atoms. The molecule has 1 aliphatic rings. The van der Waals surface area contributed by atoms with Gasteiger partial charge in [-0.3, -0.25) is 0 Å². The predicted octanol–water partition coefficient (Wildman–Crippen LogP) is 0.693. The van der Waals surface area contributed by atoms with Crippen molar-refractivity contribution >= 4 is 17.7 Å². The summed E-state index contributed by atoms with van der Waals surface area (Å²) in [5.74, 6) is 0.376. The maximum absolute atomic E-state index is 10.9. The monoisotopic (exact) mass is 315 g/mol. The van der Waals surface area contributed by atoms with Crippen molar-refractivity contribution in [2.75, 3.05) is 5.75 Å². The lowest BCUT2D eigenvalue weighted by atomic mass is 10.2. The summed E-state index contributed by atoms with van der Waals surface area (Å²) in [6, 6.07) is 17.4. The van der Waals surface area contributed by atoms with Crippen molar-refractivity contribution in [3.8, 4) is 5.75 Å². The number of carbonyl (C=O) groups is 1. The Morgan fingerprint density at radius 3 is 2.77 bits per heavy atom. The van der Waals surface area contributed by atoms with Crippen LogP contribution in [-0.2, 0) is 11.4 Å². The Hall–Kier alpha value is -1.98. The molecule has 4 nitrogen and oxygen atoms in total. The van der Waals surface area contributed by atoms with Gasteiger partial charge in [0.25, 0.3) is 0 Å². The standard InChI is InChI=1S/C17H17NO3S/c19-17(20)15-11-22-16(18-15)13-7-4-8-14(9-13)21-10-12-5-2-1-3-6-12/h1-9,15-16,18H,10-11H2,(H,19,20)/t15-,16-/m1/s1. The van der Waals surface area contributed by atoms with Crippen molar-refractivity contribution < 1.29 is 20.0 Å². The topological polar surface area (TPSA) is 66.0 Å². The highest BCUT2D eigenvalue weighted by atomic mass is 32.2. The van der Waals surface area contributed by atoms with Crippen molar-refractivity contribution in [2.24, 2.45) is 0 Å². The van der Waals surface area contributed by atoms with Gasteiger partial charge in [-0.15, -0.1) is 0 Å². The fourth-order valence-corrected chi connectivity index (χ4v) is 3.71. The summed E-state index contributed by atoms with van der Waals surface area (Å²) in [5, 5.41) is 12.9. The van der Waals surface area contributed by atoms with Gasteiger partial charge in [-0.1, -0.05) is 54.2 Å². The molecule has 1 aliphatic heterocycles. The molecule has 1 fully saturated rings. The minimum Gasteiger partial charge on any atom is -0.544 e. The second kappa shape index (κ2) is 6.85. The Balaban J connectivity index is 1.64. The molecule has 0 radical (unpaired) electrons. The summed E-state index contributed by atoms with van der Waals surface area (Å²) >= 11 is 1.62. The number of hydrogen-bond acceptors (Lipinski definition) is 4. The number of quaternary nitrogens is 1. The van der Waals surface area contributed by atoms with Crippen LogP contribution in [0.4, 0.5) is 0 Å². The van der Waals surface area contributed by atoms with Crippen molar-refractivity contribution in [3.05, 3.63) is 65.7 Å². The number of nitrogens with two attached hydrogens (primary N) is 1. The summed E-state index contributed by atoms with van der Waals surface area (Å²) < 4.78 is 5.81. The van der Waals surface area contributed by atoms with Crippen molar-refractivity contribution in [1.82, 2.24) is 0 Å². The van der Waals surface area contributed by atoms with Gasteiger partial charge >= 0.3 is 0 Å². The summed E-state index contributed by atoms with van der Waals surface area (Å²) in [6.45, 7) is 0.521.